The van der Waals surface area contributed by atoms with Crippen LogP contribution in [-0.4, -0.2) is 24.0 Å². The van der Waals surface area contributed by atoms with Crippen LogP contribution in [0.25, 0.3) is 21.3 Å². The average molecular weight is 324 g/mol. The molecule has 1 aliphatic rings. The number of hydrogen-bond acceptors (Lipinski definition) is 5. The first-order chi connectivity index (χ1) is 11.1. The summed E-state index contributed by atoms with van der Waals surface area (Å²) in [7, 11) is 0. The Morgan fingerprint density at radius 3 is 2.78 bits per heavy atom. The zero-order valence-electron chi connectivity index (χ0n) is 12.7. The minimum atomic E-state index is -0.460. The number of ketones is 1. The fourth-order valence-electron chi connectivity index (χ4n) is 2.90. The summed E-state index contributed by atoms with van der Waals surface area (Å²) in [5.41, 5.74) is 9.04. The number of rotatable bonds is 3. The van der Waals surface area contributed by atoms with Crippen molar-refractivity contribution < 1.29 is 9.53 Å². The van der Waals surface area contributed by atoms with Crippen LogP contribution < -0.4 is 5.73 Å². The second kappa shape index (κ2) is 5.23. The zero-order chi connectivity index (χ0) is 16.0. The number of carbonyl (C=O) groups is 1. The van der Waals surface area contributed by atoms with Crippen LogP contribution in [0.4, 0.5) is 0 Å². The molecule has 4 rings (SSSR count). The van der Waals surface area contributed by atoms with Crippen molar-refractivity contribution in [3.8, 4) is 10.4 Å². The third kappa shape index (κ3) is 2.37. The van der Waals surface area contributed by atoms with E-state index in [0.29, 0.717) is 13.2 Å². The van der Waals surface area contributed by atoms with Crippen LogP contribution in [0.2, 0.25) is 0 Å². The van der Waals surface area contributed by atoms with Crippen molar-refractivity contribution in [2.24, 2.45) is 5.73 Å². The van der Waals surface area contributed by atoms with E-state index in [-0.39, 0.29) is 5.78 Å². The number of nitrogens with zero attached hydrogens (tertiary/aromatic N) is 1. The molecule has 2 N–H and O–H groups in total. The maximum atomic E-state index is 11.5. The van der Waals surface area contributed by atoms with Gasteiger partial charge in [0.25, 0.3) is 0 Å². The Hall–Kier alpha value is -2.08. The van der Waals surface area contributed by atoms with Crippen molar-refractivity contribution in [2.45, 2.75) is 12.5 Å². The average Bonchev–Trinajstić information content (AvgIpc) is 3.02. The minimum absolute atomic E-state index is 0.0862. The molecule has 5 heteroatoms. The van der Waals surface area contributed by atoms with Gasteiger partial charge in [0.2, 0.25) is 0 Å². The fourth-order valence-corrected chi connectivity index (χ4v) is 3.78. The number of aromatic nitrogens is 1. The van der Waals surface area contributed by atoms with Gasteiger partial charge in [0.05, 0.1) is 29.1 Å². The summed E-state index contributed by atoms with van der Waals surface area (Å²) in [6, 6.07) is 12.0. The van der Waals surface area contributed by atoms with Crippen molar-refractivity contribution in [1.82, 2.24) is 4.98 Å². The highest BCUT2D eigenvalue weighted by Crippen LogP contribution is 2.37. The molecule has 0 unspecified atom stereocenters. The van der Waals surface area contributed by atoms with Gasteiger partial charge in [-0.3, -0.25) is 9.78 Å². The van der Waals surface area contributed by atoms with Crippen molar-refractivity contribution in [3.05, 3.63) is 53.0 Å². The zero-order valence-corrected chi connectivity index (χ0v) is 13.5. The SMILES string of the molecule is CC(=O)c1ccc(-c2cc(C3(N)COC3)c3cccnc3c2)s1. The van der Waals surface area contributed by atoms with E-state index in [2.05, 4.69) is 17.1 Å². The highest BCUT2D eigenvalue weighted by molar-refractivity contribution is 7.17. The summed E-state index contributed by atoms with van der Waals surface area (Å²) in [4.78, 5) is 17.8. The van der Waals surface area contributed by atoms with Crippen molar-refractivity contribution in [2.75, 3.05) is 13.2 Å². The number of hydrogen-bond donors (Lipinski definition) is 1. The standard InChI is InChI=1S/C18H16N2O2S/c1-11(21)16-4-5-17(23-16)12-7-14(18(19)9-22-10-18)13-3-2-6-20-15(13)8-12/h2-8H,9-10,19H2,1H3. The summed E-state index contributed by atoms with van der Waals surface area (Å²) >= 11 is 1.50. The molecule has 4 nitrogen and oxygen atoms in total. The third-order valence-corrected chi connectivity index (χ3v) is 5.45. The van der Waals surface area contributed by atoms with Crippen LogP contribution in [0.3, 0.4) is 0 Å². The van der Waals surface area contributed by atoms with Crippen molar-refractivity contribution in [1.29, 1.82) is 0 Å². The van der Waals surface area contributed by atoms with E-state index >= 15 is 0 Å². The van der Waals surface area contributed by atoms with Crippen LogP contribution in [0.15, 0.2) is 42.6 Å². The number of nitrogens with two attached hydrogens (primary N) is 1. The quantitative estimate of drug-likeness (QED) is 0.750. The van der Waals surface area contributed by atoms with Gasteiger partial charge in [0.1, 0.15) is 0 Å². The number of thiophene rings is 1. The smallest absolute Gasteiger partial charge is 0.169 e. The summed E-state index contributed by atoms with van der Waals surface area (Å²) in [6.45, 7) is 2.62. The van der Waals surface area contributed by atoms with Crippen molar-refractivity contribution in [3.63, 3.8) is 0 Å². The number of pyridine rings is 1. The van der Waals surface area contributed by atoms with Gasteiger partial charge in [0.15, 0.2) is 5.78 Å². The maximum Gasteiger partial charge on any atom is 0.169 e. The number of ether oxygens (including phenoxy) is 1. The first kappa shape index (κ1) is 14.5. The van der Waals surface area contributed by atoms with Gasteiger partial charge < -0.3 is 10.5 Å². The molecule has 0 saturated carbocycles. The molecule has 1 aliphatic heterocycles. The highest BCUT2D eigenvalue weighted by atomic mass is 32.1. The van der Waals surface area contributed by atoms with E-state index in [0.717, 1.165) is 31.8 Å². The van der Waals surface area contributed by atoms with E-state index in [1.165, 1.54) is 11.3 Å². The molecule has 0 radical (unpaired) electrons. The Morgan fingerprint density at radius 1 is 1.30 bits per heavy atom. The lowest BCUT2D eigenvalue weighted by molar-refractivity contribution is -0.0561. The van der Waals surface area contributed by atoms with Crippen molar-refractivity contribution >= 4 is 28.0 Å². The molecule has 0 bridgehead atoms. The van der Waals surface area contributed by atoms with Crippen LogP contribution in [0.5, 0.6) is 0 Å². The number of Topliss-reactive ketones (excluding diaryl/α,β-unsaturated/α-hetero) is 1. The molecule has 1 saturated heterocycles. The van der Waals surface area contributed by atoms with E-state index in [9.17, 15) is 4.79 Å². The molecular formula is C18H16N2O2S. The van der Waals surface area contributed by atoms with Gasteiger partial charge in [-0.15, -0.1) is 11.3 Å². The topological polar surface area (TPSA) is 65.2 Å². The van der Waals surface area contributed by atoms with Gasteiger partial charge in [-0.05, 0) is 48.4 Å². The van der Waals surface area contributed by atoms with E-state index in [4.69, 9.17) is 10.5 Å². The third-order valence-electron chi connectivity index (χ3n) is 4.21. The lowest BCUT2D eigenvalue weighted by Crippen LogP contribution is -2.54. The van der Waals surface area contributed by atoms with Gasteiger partial charge in [-0.1, -0.05) is 6.07 Å². The second-order valence-electron chi connectivity index (χ2n) is 5.96. The normalized spacial score (nSPS) is 16.3. The Kier molecular flexibility index (Phi) is 3.30. The Balaban J connectivity index is 1.92. The molecule has 0 spiro atoms. The predicted molar refractivity (Wildman–Crippen MR) is 91.7 cm³/mol. The highest BCUT2D eigenvalue weighted by Gasteiger charge is 2.37. The Labute approximate surface area is 137 Å². The van der Waals surface area contributed by atoms with E-state index in [1.54, 1.807) is 13.1 Å². The van der Waals surface area contributed by atoms with Gasteiger partial charge in [0, 0.05) is 16.5 Å². The second-order valence-corrected chi connectivity index (χ2v) is 7.05. The monoisotopic (exact) mass is 324 g/mol. The maximum absolute atomic E-state index is 11.5. The number of fused-ring (bicyclic) bond motifs is 1. The van der Waals surface area contributed by atoms with Crippen LogP contribution >= 0.6 is 11.3 Å². The molecule has 0 amide bonds. The largest absolute Gasteiger partial charge is 0.377 e. The van der Waals surface area contributed by atoms with Gasteiger partial charge >= 0.3 is 0 Å². The molecule has 3 aromatic rings. The molecule has 23 heavy (non-hydrogen) atoms. The van der Waals surface area contributed by atoms with Crippen LogP contribution in [0.1, 0.15) is 22.2 Å². The molecule has 1 fully saturated rings. The molecular weight excluding hydrogens is 308 g/mol. The molecule has 3 heterocycles. The summed E-state index contributed by atoms with van der Waals surface area (Å²) in [6.07, 6.45) is 1.78. The molecule has 2 aromatic heterocycles. The van der Waals surface area contributed by atoms with Gasteiger partial charge in [-0.25, -0.2) is 0 Å². The molecule has 1 aromatic carbocycles. The first-order valence-corrected chi connectivity index (χ1v) is 8.25. The molecule has 116 valence electrons. The van der Waals surface area contributed by atoms with Crippen LogP contribution in [-0.2, 0) is 10.3 Å². The summed E-state index contributed by atoms with van der Waals surface area (Å²) in [5.74, 6) is 0.0862. The van der Waals surface area contributed by atoms with E-state index in [1.807, 2.05) is 24.3 Å². The van der Waals surface area contributed by atoms with E-state index < -0.39 is 5.54 Å². The van der Waals surface area contributed by atoms with Gasteiger partial charge in [-0.2, -0.15) is 0 Å². The summed E-state index contributed by atoms with van der Waals surface area (Å²) in [5, 5.41) is 1.06. The Morgan fingerprint density at radius 2 is 2.13 bits per heavy atom. The molecule has 0 atom stereocenters. The lowest BCUT2D eigenvalue weighted by Gasteiger charge is -2.39. The number of carbonyl (C=O) groups excluding carboxylic acids is 1. The molecule has 0 aliphatic carbocycles. The first-order valence-electron chi connectivity index (χ1n) is 7.44. The summed E-state index contributed by atoms with van der Waals surface area (Å²) < 4.78 is 5.33. The fraction of sp³-hybridized carbons (Fsp3) is 0.222. The Bertz CT molecular complexity index is 912. The van der Waals surface area contributed by atoms with Crippen LogP contribution in [0, 0.1) is 0 Å². The number of benzene rings is 1. The lowest BCUT2D eigenvalue weighted by atomic mass is 9.85. The predicted octanol–water partition coefficient (Wildman–Crippen LogP) is 3.35. The minimum Gasteiger partial charge on any atom is -0.377 e.